The van der Waals surface area contributed by atoms with Crippen LogP contribution < -0.4 is 0 Å². The molecular formula is C25H36O5. The molecule has 0 aromatic heterocycles. The second-order valence-corrected chi connectivity index (χ2v) is 9.51. The number of aliphatic hydroxyl groups is 2. The van der Waals surface area contributed by atoms with E-state index in [1.165, 1.54) is 30.9 Å². The number of carbonyl (C=O) groups excluding carboxylic acids is 1. The van der Waals surface area contributed by atoms with Gasteiger partial charge in [-0.3, -0.25) is 0 Å². The number of hydrogen-bond donors (Lipinski definition) is 2. The summed E-state index contributed by atoms with van der Waals surface area (Å²) in [7, 11) is 0. The maximum absolute atomic E-state index is 11.3. The molecule has 3 aliphatic rings. The lowest BCUT2D eigenvalue weighted by molar-refractivity contribution is -0.155. The molecule has 3 unspecified atom stereocenters. The van der Waals surface area contributed by atoms with Crippen molar-refractivity contribution in [3.8, 4) is 0 Å². The number of carbonyl (C=O) groups is 1. The normalized spacial score (nSPS) is 29.6. The highest BCUT2D eigenvalue weighted by Gasteiger charge is 2.34. The van der Waals surface area contributed by atoms with Crippen LogP contribution in [0.15, 0.2) is 46.1 Å². The molecule has 0 saturated carbocycles. The third kappa shape index (κ3) is 5.51. The van der Waals surface area contributed by atoms with Crippen LogP contribution in [0.1, 0.15) is 79.1 Å². The first-order chi connectivity index (χ1) is 14.2. The van der Waals surface area contributed by atoms with E-state index < -0.39 is 24.7 Å². The summed E-state index contributed by atoms with van der Waals surface area (Å²) in [5.74, 6) is -0.575. The molecule has 0 amide bonds. The molecule has 0 fully saturated rings. The van der Waals surface area contributed by atoms with Crippen molar-refractivity contribution >= 4 is 5.97 Å². The van der Waals surface area contributed by atoms with Crippen molar-refractivity contribution in [3.05, 3.63) is 46.1 Å². The van der Waals surface area contributed by atoms with Crippen LogP contribution in [0.3, 0.4) is 0 Å². The van der Waals surface area contributed by atoms with Crippen molar-refractivity contribution < 1.29 is 24.5 Å². The van der Waals surface area contributed by atoms with E-state index in [0.29, 0.717) is 17.4 Å². The second kappa shape index (κ2) is 9.63. The minimum absolute atomic E-state index is 0.325. The third-order valence-electron chi connectivity index (χ3n) is 6.75. The molecule has 0 spiro atoms. The largest absolute Gasteiger partial charge is 0.429 e. The Kier molecular flexibility index (Phi) is 7.38. The highest BCUT2D eigenvalue weighted by Crippen LogP contribution is 2.42. The van der Waals surface area contributed by atoms with Gasteiger partial charge in [0.15, 0.2) is 6.29 Å². The van der Waals surface area contributed by atoms with Gasteiger partial charge in [-0.25, -0.2) is 4.79 Å². The fraction of sp³-hybridized carbons (Fsp3) is 0.640. The summed E-state index contributed by atoms with van der Waals surface area (Å²) >= 11 is 0. The Morgan fingerprint density at radius 2 is 2.03 bits per heavy atom. The van der Waals surface area contributed by atoms with E-state index in [1.807, 2.05) is 6.08 Å². The number of esters is 1. The monoisotopic (exact) mass is 416 g/mol. The summed E-state index contributed by atoms with van der Waals surface area (Å²) in [6.45, 7) is 9.23. The predicted octanol–water partition coefficient (Wildman–Crippen LogP) is 4.86. The predicted molar refractivity (Wildman–Crippen MR) is 116 cm³/mol. The van der Waals surface area contributed by atoms with Crippen LogP contribution in [-0.2, 0) is 14.3 Å². The minimum atomic E-state index is -1.27. The summed E-state index contributed by atoms with van der Waals surface area (Å²) in [5.41, 5.74) is 6.15. The first-order valence-electron chi connectivity index (χ1n) is 11.1. The van der Waals surface area contributed by atoms with Crippen molar-refractivity contribution in [1.82, 2.24) is 0 Å². The molecule has 3 atom stereocenters. The zero-order valence-electron chi connectivity index (χ0n) is 18.7. The Morgan fingerprint density at radius 1 is 1.27 bits per heavy atom. The van der Waals surface area contributed by atoms with Crippen LogP contribution in [0.2, 0.25) is 0 Å². The molecule has 2 heterocycles. The summed E-state index contributed by atoms with van der Waals surface area (Å²) in [6, 6.07) is 0. The molecule has 5 nitrogen and oxygen atoms in total. The lowest BCUT2D eigenvalue weighted by atomic mass is 9.71. The van der Waals surface area contributed by atoms with Gasteiger partial charge in [-0.05, 0) is 76.2 Å². The zero-order valence-corrected chi connectivity index (χ0v) is 18.7. The van der Waals surface area contributed by atoms with E-state index >= 15 is 0 Å². The minimum Gasteiger partial charge on any atom is -0.429 e. The maximum atomic E-state index is 11.3. The molecule has 0 saturated heterocycles. The molecule has 0 bridgehead atoms. The van der Waals surface area contributed by atoms with Gasteiger partial charge in [0.25, 0.3) is 0 Å². The lowest BCUT2D eigenvalue weighted by Gasteiger charge is -2.35. The molecule has 0 aromatic rings. The molecule has 5 heteroatoms. The average molecular weight is 417 g/mol. The maximum Gasteiger partial charge on any atom is 0.333 e. The van der Waals surface area contributed by atoms with E-state index in [4.69, 9.17) is 9.47 Å². The van der Waals surface area contributed by atoms with Gasteiger partial charge in [0, 0.05) is 11.6 Å². The lowest BCUT2D eigenvalue weighted by Crippen LogP contribution is -2.32. The van der Waals surface area contributed by atoms with E-state index in [0.717, 1.165) is 31.3 Å². The summed E-state index contributed by atoms with van der Waals surface area (Å²) in [6.07, 6.45) is 10.8. The van der Waals surface area contributed by atoms with Crippen LogP contribution in [-0.4, -0.2) is 34.9 Å². The molecule has 166 valence electrons. The van der Waals surface area contributed by atoms with E-state index in [9.17, 15) is 15.0 Å². The van der Waals surface area contributed by atoms with Gasteiger partial charge in [-0.1, -0.05) is 42.7 Å². The smallest absolute Gasteiger partial charge is 0.333 e. The highest BCUT2D eigenvalue weighted by molar-refractivity contribution is 5.85. The number of hydrogen-bond acceptors (Lipinski definition) is 5. The van der Waals surface area contributed by atoms with Crippen molar-refractivity contribution in [2.24, 2.45) is 5.41 Å². The Labute approximate surface area is 180 Å². The van der Waals surface area contributed by atoms with Crippen molar-refractivity contribution in [1.29, 1.82) is 0 Å². The number of ether oxygens (including phenoxy) is 2. The molecule has 1 aliphatic carbocycles. The number of rotatable bonds is 7. The fourth-order valence-corrected chi connectivity index (χ4v) is 4.91. The number of allylic oxidation sites excluding steroid dienone is 4. The van der Waals surface area contributed by atoms with Crippen molar-refractivity contribution in [3.63, 3.8) is 0 Å². The Morgan fingerprint density at radius 3 is 2.67 bits per heavy atom. The fourth-order valence-electron chi connectivity index (χ4n) is 4.91. The highest BCUT2D eigenvalue weighted by atomic mass is 16.6. The van der Waals surface area contributed by atoms with Crippen LogP contribution in [0.5, 0.6) is 0 Å². The SMILES string of the molecule is CC1=C(CC/C(C)=C\CCC2=CCC(C3=CC(=O)OC3O)OC2O)C(C)(C)CCC1. The van der Waals surface area contributed by atoms with Gasteiger partial charge >= 0.3 is 5.97 Å². The van der Waals surface area contributed by atoms with E-state index in [2.05, 4.69) is 33.8 Å². The summed E-state index contributed by atoms with van der Waals surface area (Å²) in [4.78, 5) is 11.3. The third-order valence-corrected chi connectivity index (χ3v) is 6.75. The summed E-state index contributed by atoms with van der Waals surface area (Å²) in [5, 5.41) is 20.1. The molecular weight excluding hydrogens is 380 g/mol. The molecule has 3 rings (SSSR count). The number of cyclic esters (lactones) is 1. The van der Waals surface area contributed by atoms with E-state index in [1.54, 1.807) is 11.1 Å². The first-order valence-corrected chi connectivity index (χ1v) is 11.1. The van der Waals surface area contributed by atoms with Gasteiger partial charge < -0.3 is 19.7 Å². The molecule has 0 aromatic carbocycles. The average Bonchev–Trinajstić information content (AvgIpc) is 3.00. The molecule has 30 heavy (non-hydrogen) atoms. The van der Waals surface area contributed by atoms with Gasteiger partial charge in [-0.2, -0.15) is 0 Å². The van der Waals surface area contributed by atoms with Gasteiger partial charge in [0.1, 0.15) is 0 Å². The van der Waals surface area contributed by atoms with Gasteiger partial charge in [-0.15, -0.1) is 0 Å². The topological polar surface area (TPSA) is 76.0 Å². The van der Waals surface area contributed by atoms with Crippen molar-refractivity contribution in [2.45, 2.75) is 97.7 Å². The standard InChI is InChI=1S/C25H36O5/c1-16(10-12-20-17(2)8-6-14-25(20,3)4)7-5-9-18-11-13-21(29-23(18)27)19-15-22(26)30-24(19)28/h7,11,15,21,23-24,27-28H,5-6,8-10,12-14H2,1-4H3/b16-7-. The molecule has 0 radical (unpaired) electrons. The first kappa shape index (κ1) is 23.0. The Hall–Kier alpha value is -1.69. The van der Waals surface area contributed by atoms with Crippen LogP contribution in [0.25, 0.3) is 0 Å². The van der Waals surface area contributed by atoms with Crippen LogP contribution in [0, 0.1) is 5.41 Å². The van der Waals surface area contributed by atoms with Gasteiger partial charge in [0.2, 0.25) is 6.29 Å². The molecule has 2 aliphatic heterocycles. The Bertz CT molecular complexity index is 783. The van der Waals surface area contributed by atoms with Crippen LogP contribution >= 0.6 is 0 Å². The quantitative estimate of drug-likeness (QED) is 0.458. The van der Waals surface area contributed by atoms with Gasteiger partial charge in [0.05, 0.1) is 6.10 Å². The molecule has 2 N–H and O–H groups in total. The van der Waals surface area contributed by atoms with Crippen LogP contribution in [0.4, 0.5) is 0 Å². The Balaban J connectivity index is 1.49. The summed E-state index contributed by atoms with van der Waals surface area (Å²) < 4.78 is 10.3. The van der Waals surface area contributed by atoms with E-state index in [-0.39, 0.29) is 0 Å². The van der Waals surface area contributed by atoms with Crippen molar-refractivity contribution in [2.75, 3.05) is 0 Å². The second-order valence-electron chi connectivity index (χ2n) is 9.51. The zero-order chi connectivity index (χ0) is 21.9. The number of aliphatic hydroxyl groups excluding tert-OH is 2.